The third kappa shape index (κ3) is 4.59. The largest absolute Gasteiger partial charge is 0.479 e. The van der Waals surface area contributed by atoms with Gasteiger partial charge in [0.15, 0.2) is 6.10 Å². The van der Waals surface area contributed by atoms with Gasteiger partial charge in [-0.15, -0.1) is 0 Å². The van der Waals surface area contributed by atoms with Crippen LogP contribution in [0.3, 0.4) is 0 Å². The van der Waals surface area contributed by atoms with Crippen LogP contribution in [-0.4, -0.2) is 36.4 Å². The van der Waals surface area contributed by atoms with E-state index in [2.05, 4.69) is 19.3 Å². The van der Waals surface area contributed by atoms with Crippen LogP contribution in [0.1, 0.15) is 26.7 Å². The van der Waals surface area contributed by atoms with Crippen LogP contribution in [0.15, 0.2) is 0 Å². The Labute approximate surface area is 89.7 Å². The number of nitrogens with one attached hydrogen (secondary N) is 1. The molecule has 5 nitrogen and oxygen atoms in total. The fraction of sp³-hybridized carbons (Fsp3) is 0.900. The Kier molecular flexibility index (Phi) is 5.01. The normalized spacial score (nSPS) is 26.1. The first-order valence-corrected chi connectivity index (χ1v) is 5.32. The van der Waals surface area contributed by atoms with Gasteiger partial charge in [-0.1, -0.05) is 13.8 Å². The summed E-state index contributed by atoms with van der Waals surface area (Å²) in [6.45, 7) is 5.33. The van der Waals surface area contributed by atoms with Crippen LogP contribution >= 0.6 is 0 Å². The predicted molar refractivity (Wildman–Crippen MR) is 54.3 cm³/mol. The molecule has 0 aromatic heterocycles. The van der Waals surface area contributed by atoms with Crippen molar-refractivity contribution in [2.24, 2.45) is 5.92 Å². The number of rotatable bonds is 6. The van der Waals surface area contributed by atoms with Crippen molar-refractivity contribution in [3.63, 3.8) is 0 Å². The number of carboxylic acids is 1. The molecule has 88 valence electrons. The maximum absolute atomic E-state index is 10.6. The van der Waals surface area contributed by atoms with E-state index in [1.54, 1.807) is 0 Å². The van der Waals surface area contributed by atoms with Crippen LogP contribution in [0.2, 0.25) is 0 Å². The second kappa shape index (κ2) is 6.05. The highest BCUT2D eigenvalue weighted by Crippen LogP contribution is 2.19. The Morgan fingerprint density at radius 2 is 2.33 bits per heavy atom. The van der Waals surface area contributed by atoms with E-state index in [0.29, 0.717) is 25.5 Å². The summed E-state index contributed by atoms with van der Waals surface area (Å²) in [6, 6.07) is 0. The van der Waals surface area contributed by atoms with Gasteiger partial charge in [0.05, 0.1) is 12.7 Å². The quantitative estimate of drug-likeness (QED) is 0.508. The van der Waals surface area contributed by atoms with Gasteiger partial charge in [0, 0.05) is 6.54 Å². The lowest BCUT2D eigenvalue weighted by Gasteiger charge is -2.13. The molecule has 0 bridgehead atoms. The van der Waals surface area contributed by atoms with E-state index in [1.807, 2.05) is 0 Å². The Morgan fingerprint density at radius 3 is 2.87 bits per heavy atom. The number of carbonyl (C=O) groups is 1. The van der Waals surface area contributed by atoms with E-state index in [4.69, 9.17) is 14.7 Å². The van der Waals surface area contributed by atoms with Crippen molar-refractivity contribution in [1.82, 2.24) is 5.48 Å². The van der Waals surface area contributed by atoms with Crippen molar-refractivity contribution in [3.8, 4) is 0 Å². The van der Waals surface area contributed by atoms with Crippen molar-refractivity contribution in [2.75, 3.05) is 13.2 Å². The standard InChI is InChI=1S/C10H19NO4/c1-7(2)6-14-11-5-8-3-4-9(15-8)10(12)13/h7-9,11H,3-6H2,1-2H3,(H,12,13). The van der Waals surface area contributed by atoms with Crippen molar-refractivity contribution in [2.45, 2.75) is 38.9 Å². The summed E-state index contributed by atoms with van der Waals surface area (Å²) in [7, 11) is 0. The van der Waals surface area contributed by atoms with Crippen LogP contribution in [0.4, 0.5) is 0 Å². The topological polar surface area (TPSA) is 67.8 Å². The first kappa shape index (κ1) is 12.4. The minimum absolute atomic E-state index is 0.0433. The minimum atomic E-state index is -0.874. The maximum atomic E-state index is 10.6. The molecule has 1 heterocycles. The number of carboxylic acid groups (broad SMARTS) is 1. The number of ether oxygens (including phenoxy) is 1. The highest BCUT2D eigenvalue weighted by molar-refractivity contribution is 5.72. The molecule has 1 aliphatic rings. The van der Waals surface area contributed by atoms with Gasteiger partial charge < -0.3 is 14.7 Å². The average Bonchev–Trinajstić information content (AvgIpc) is 2.60. The van der Waals surface area contributed by atoms with Crippen molar-refractivity contribution >= 4 is 5.97 Å². The highest BCUT2D eigenvalue weighted by atomic mass is 16.6. The summed E-state index contributed by atoms with van der Waals surface area (Å²) in [6.07, 6.45) is 0.682. The number of hydrogen-bond donors (Lipinski definition) is 2. The lowest BCUT2D eigenvalue weighted by molar-refractivity contribution is -0.149. The molecule has 15 heavy (non-hydrogen) atoms. The smallest absolute Gasteiger partial charge is 0.332 e. The second-order valence-electron chi connectivity index (χ2n) is 4.22. The van der Waals surface area contributed by atoms with Gasteiger partial charge in [-0.3, -0.25) is 0 Å². The van der Waals surface area contributed by atoms with Crippen LogP contribution in [0.25, 0.3) is 0 Å². The first-order chi connectivity index (χ1) is 7.09. The van der Waals surface area contributed by atoms with Gasteiger partial charge in [0.25, 0.3) is 0 Å². The van der Waals surface area contributed by atoms with Crippen molar-refractivity contribution in [3.05, 3.63) is 0 Å². The summed E-state index contributed by atoms with van der Waals surface area (Å²) in [5.74, 6) is -0.394. The van der Waals surface area contributed by atoms with Crippen LogP contribution in [0.5, 0.6) is 0 Å². The maximum Gasteiger partial charge on any atom is 0.332 e. The monoisotopic (exact) mass is 217 g/mol. The molecule has 1 saturated heterocycles. The molecule has 0 saturated carbocycles. The lowest BCUT2D eigenvalue weighted by Crippen LogP contribution is -2.29. The van der Waals surface area contributed by atoms with Gasteiger partial charge in [0.2, 0.25) is 0 Å². The fourth-order valence-electron chi connectivity index (χ4n) is 1.41. The Balaban J connectivity index is 2.06. The molecule has 1 rings (SSSR count). The molecule has 2 N–H and O–H groups in total. The molecule has 0 spiro atoms. The summed E-state index contributed by atoms with van der Waals surface area (Å²) in [5.41, 5.74) is 2.80. The van der Waals surface area contributed by atoms with E-state index in [-0.39, 0.29) is 6.10 Å². The Morgan fingerprint density at radius 1 is 1.60 bits per heavy atom. The molecular formula is C10H19NO4. The molecule has 1 fully saturated rings. The van der Waals surface area contributed by atoms with E-state index in [9.17, 15) is 4.79 Å². The molecule has 0 aromatic rings. The van der Waals surface area contributed by atoms with Crippen LogP contribution in [0, 0.1) is 5.92 Å². The van der Waals surface area contributed by atoms with Crippen molar-refractivity contribution < 1.29 is 19.5 Å². The van der Waals surface area contributed by atoms with E-state index in [1.165, 1.54) is 0 Å². The van der Waals surface area contributed by atoms with Gasteiger partial charge >= 0.3 is 5.97 Å². The van der Waals surface area contributed by atoms with Gasteiger partial charge in [0.1, 0.15) is 0 Å². The van der Waals surface area contributed by atoms with Crippen LogP contribution in [-0.2, 0) is 14.4 Å². The molecule has 2 atom stereocenters. The van der Waals surface area contributed by atoms with E-state index >= 15 is 0 Å². The summed E-state index contributed by atoms with van der Waals surface area (Å²) >= 11 is 0. The van der Waals surface area contributed by atoms with Gasteiger partial charge in [-0.05, 0) is 18.8 Å². The molecule has 2 unspecified atom stereocenters. The number of hydrogen-bond acceptors (Lipinski definition) is 4. The third-order valence-electron chi connectivity index (χ3n) is 2.21. The number of hydroxylamine groups is 1. The minimum Gasteiger partial charge on any atom is -0.479 e. The number of aliphatic carboxylic acids is 1. The van der Waals surface area contributed by atoms with Crippen LogP contribution < -0.4 is 5.48 Å². The van der Waals surface area contributed by atoms with E-state index in [0.717, 1.165) is 6.42 Å². The average molecular weight is 217 g/mol. The SMILES string of the molecule is CC(C)CONCC1CCC(C(=O)O)O1. The third-order valence-corrected chi connectivity index (χ3v) is 2.21. The Hall–Kier alpha value is -0.650. The summed E-state index contributed by atoms with van der Waals surface area (Å²) in [5, 5.41) is 8.70. The fourth-order valence-corrected chi connectivity index (χ4v) is 1.41. The zero-order valence-corrected chi connectivity index (χ0v) is 9.23. The molecule has 5 heteroatoms. The molecular weight excluding hydrogens is 198 g/mol. The zero-order valence-electron chi connectivity index (χ0n) is 9.23. The van der Waals surface area contributed by atoms with Crippen molar-refractivity contribution in [1.29, 1.82) is 0 Å². The highest BCUT2D eigenvalue weighted by Gasteiger charge is 2.30. The predicted octanol–water partition coefficient (Wildman–Crippen LogP) is 0.796. The summed E-state index contributed by atoms with van der Waals surface area (Å²) in [4.78, 5) is 15.8. The molecule has 0 aromatic carbocycles. The molecule has 0 radical (unpaired) electrons. The summed E-state index contributed by atoms with van der Waals surface area (Å²) < 4.78 is 5.29. The zero-order chi connectivity index (χ0) is 11.3. The van der Waals surface area contributed by atoms with Gasteiger partial charge in [-0.2, -0.15) is 5.48 Å². The molecule has 0 amide bonds. The lowest BCUT2D eigenvalue weighted by atomic mass is 10.2. The first-order valence-electron chi connectivity index (χ1n) is 5.32. The van der Waals surface area contributed by atoms with Gasteiger partial charge in [-0.25, -0.2) is 4.79 Å². The Bertz CT molecular complexity index is 208. The molecule has 1 aliphatic heterocycles. The second-order valence-corrected chi connectivity index (χ2v) is 4.22. The van der Waals surface area contributed by atoms with E-state index < -0.39 is 12.1 Å². The molecule has 0 aliphatic carbocycles.